The third-order valence-corrected chi connectivity index (χ3v) is 1.52. The number of Topliss-reactive ketones (excluding diaryl/α,β-unsaturated/α-hetero) is 1. The lowest BCUT2D eigenvalue weighted by atomic mass is 10.2. The number of carbonyl (C=O) groups is 2. The van der Waals surface area contributed by atoms with Gasteiger partial charge >= 0.3 is 6.09 Å². The van der Waals surface area contributed by atoms with E-state index in [4.69, 9.17) is 4.74 Å². The molecule has 0 aliphatic rings. The normalized spacial score (nSPS) is 10.0. The fraction of sp³-hybridized carbons (Fsp3) is 0.800. The Balaban J connectivity index is 3.31. The van der Waals surface area contributed by atoms with Crippen molar-refractivity contribution in [1.29, 1.82) is 0 Å². The summed E-state index contributed by atoms with van der Waals surface area (Å²) in [4.78, 5) is 21.5. The molecule has 0 saturated carbocycles. The molecule has 82 valence electrons. The number of carbonyl (C=O) groups excluding carboxylic acids is 2. The van der Waals surface area contributed by atoms with Crippen molar-refractivity contribution in [3.8, 4) is 0 Å². The molecule has 0 saturated heterocycles. The van der Waals surface area contributed by atoms with Crippen LogP contribution in [0.4, 0.5) is 4.79 Å². The average molecular weight is 201 g/mol. The number of hydrogen-bond acceptors (Lipinski definition) is 3. The van der Waals surface area contributed by atoms with E-state index in [1.807, 2.05) is 13.8 Å². The maximum atomic E-state index is 11.0. The van der Waals surface area contributed by atoms with Gasteiger partial charge in [-0.3, -0.25) is 0 Å². The molecule has 0 unspecified atom stereocenters. The zero-order valence-corrected chi connectivity index (χ0v) is 9.13. The highest BCUT2D eigenvalue weighted by Crippen LogP contribution is 1.93. The van der Waals surface area contributed by atoms with Crippen LogP contribution in [0.25, 0.3) is 0 Å². The van der Waals surface area contributed by atoms with Gasteiger partial charge in [-0.05, 0) is 19.3 Å². The molecule has 0 aromatic carbocycles. The summed E-state index contributed by atoms with van der Waals surface area (Å²) in [7, 11) is 0. The first-order chi connectivity index (χ1) is 6.52. The topological polar surface area (TPSA) is 55.4 Å². The number of alkyl carbamates (subject to hydrolysis) is 1. The number of ether oxygens (including phenoxy) is 1. The van der Waals surface area contributed by atoms with E-state index < -0.39 is 6.09 Å². The maximum Gasteiger partial charge on any atom is 0.407 e. The second-order valence-corrected chi connectivity index (χ2v) is 3.72. The fourth-order valence-corrected chi connectivity index (χ4v) is 0.821. The molecule has 0 bridgehead atoms. The van der Waals surface area contributed by atoms with E-state index in [0.29, 0.717) is 31.9 Å². The lowest BCUT2D eigenvalue weighted by molar-refractivity contribution is -0.117. The van der Waals surface area contributed by atoms with Crippen molar-refractivity contribution < 1.29 is 14.3 Å². The second-order valence-electron chi connectivity index (χ2n) is 3.72. The molecule has 0 fully saturated rings. The van der Waals surface area contributed by atoms with Gasteiger partial charge in [0.1, 0.15) is 5.78 Å². The summed E-state index contributed by atoms with van der Waals surface area (Å²) in [6.45, 7) is 6.41. The molecular formula is C10H19NO3. The third-order valence-electron chi connectivity index (χ3n) is 1.52. The highest BCUT2D eigenvalue weighted by molar-refractivity contribution is 5.75. The summed E-state index contributed by atoms with van der Waals surface area (Å²) < 4.78 is 4.88. The van der Waals surface area contributed by atoms with Crippen LogP contribution in [0.5, 0.6) is 0 Å². The first-order valence-corrected chi connectivity index (χ1v) is 4.92. The molecule has 0 rings (SSSR count). The van der Waals surface area contributed by atoms with Crippen LogP contribution >= 0.6 is 0 Å². The molecule has 0 aliphatic heterocycles. The molecule has 4 heteroatoms. The summed E-state index contributed by atoms with van der Waals surface area (Å²) in [6.07, 6.45) is 0.776. The van der Waals surface area contributed by atoms with Crippen molar-refractivity contribution in [2.45, 2.75) is 33.6 Å². The highest BCUT2D eigenvalue weighted by atomic mass is 16.5. The van der Waals surface area contributed by atoms with Crippen LogP contribution in [0.1, 0.15) is 33.6 Å². The molecule has 0 aliphatic carbocycles. The van der Waals surface area contributed by atoms with Gasteiger partial charge in [0.2, 0.25) is 0 Å². The molecule has 0 radical (unpaired) electrons. The van der Waals surface area contributed by atoms with Crippen LogP contribution in [0.15, 0.2) is 0 Å². The molecule has 14 heavy (non-hydrogen) atoms. The highest BCUT2D eigenvalue weighted by Gasteiger charge is 2.02. The first kappa shape index (κ1) is 12.9. The van der Waals surface area contributed by atoms with Gasteiger partial charge in [0.25, 0.3) is 0 Å². The monoisotopic (exact) mass is 201 g/mol. The van der Waals surface area contributed by atoms with Crippen molar-refractivity contribution in [2.75, 3.05) is 13.2 Å². The minimum absolute atomic E-state index is 0.141. The van der Waals surface area contributed by atoms with Crippen molar-refractivity contribution in [3.63, 3.8) is 0 Å². The Morgan fingerprint density at radius 2 is 2.00 bits per heavy atom. The number of hydrogen-bond donors (Lipinski definition) is 1. The molecule has 1 N–H and O–H groups in total. The summed E-state index contributed by atoms with van der Waals surface area (Å²) in [6, 6.07) is 0. The van der Waals surface area contributed by atoms with E-state index in [0.717, 1.165) is 0 Å². The van der Waals surface area contributed by atoms with Crippen LogP contribution in [0.2, 0.25) is 0 Å². The van der Waals surface area contributed by atoms with Crippen LogP contribution < -0.4 is 5.32 Å². The van der Waals surface area contributed by atoms with Gasteiger partial charge in [-0.1, -0.05) is 13.8 Å². The molecule has 0 atom stereocenters. The molecule has 0 heterocycles. The van der Waals surface area contributed by atoms with Crippen molar-refractivity contribution in [1.82, 2.24) is 5.32 Å². The predicted molar refractivity (Wildman–Crippen MR) is 54.1 cm³/mol. The SMILES string of the molecule is CC(=O)CCCNC(=O)OCC(C)C. The predicted octanol–water partition coefficient (Wildman–Crippen LogP) is 1.74. The van der Waals surface area contributed by atoms with Crippen molar-refractivity contribution in [3.05, 3.63) is 0 Å². The van der Waals surface area contributed by atoms with Gasteiger partial charge in [-0.2, -0.15) is 0 Å². The summed E-state index contributed by atoms with van der Waals surface area (Å²) in [5, 5.41) is 2.58. The quantitative estimate of drug-likeness (QED) is 0.666. The van der Waals surface area contributed by atoms with Gasteiger partial charge in [0, 0.05) is 13.0 Å². The largest absolute Gasteiger partial charge is 0.449 e. The Morgan fingerprint density at radius 3 is 2.50 bits per heavy atom. The molecule has 0 aromatic heterocycles. The standard InChI is InChI=1S/C10H19NO3/c1-8(2)7-14-10(13)11-6-4-5-9(3)12/h8H,4-7H2,1-3H3,(H,11,13). The van der Waals surface area contributed by atoms with Gasteiger partial charge in [0.15, 0.2) is 0 Å². The lowest BCUT2D eigenvalue weighted by Gasteiger charge is -2.07. The van der Waals surface area contributed by atoms with Crippen molar-refractivity contribution >= 4 is 11.9 Å². The number of amides is 1. The summed E-state index contributed by atoms with van der Waals surface area (Å²) >= 11 is 0. The van der Waals surface area contributed by atoms with E-state index in [9.17, 15) is 9.59 Å². The van der Waals surface area contributed by atoms with E-state index in [2.05, 4.69) is 5.32 Å². The Morgan fingerprint density at radius 1 is 1.36 bits per heavy atom. The van der Waals surface area contributed by atoms with Crippen LogP contribution in [0, 0.1) is 5.92 Å². The van der Waals surface area contributed by atoms with E-state index >= 15 is 0 Å². The number of ketones is 1. The Kier molecular flexibility index (Phi) is 6.80. The Hall–Kier alpha value is -1.06. The van der Waals surface area contributed by atoms with E-state index in [1.165, 1.54) is 6.92 Å². The van der Waals surface area contributed by atoms with Crippen LogP contribution in [0.3, 0.4) is 0 Å². The first-order valence-electron chi connectivity index (χ1n) is 4.92. The van der Waals surface area contributed by atoms with Gasteiger partial charge in [-0.15, -0.1) is 0 Å². The fourth-order valence-electron chi connectivity index (χ4n) is 0.821. The summed E-state index contributed by atoms with van der Waals surface area (Å²) in [5.41, 5.74) is 0. The van der Waals surface area contributed by atoms with Crippen molar-refractivity contribution in [2.24, 2.45) is 5.92 Å². The average Bonchev–Trinajstić information content (AvgIpc) is 2.08. The second kappa shape index (κ2) is 7.35. The summed E-state index contributed by atoms with van der Waals surface area (Å²) in [5.74, 6) is 0.486. The smallest absolute Gasteiger partial charge is 0.407 e. The van der Waals surface area contributed by atoms with Gasteiger partial charge < -0.3 is 14.8 Å². The van der Waals surface area contributed by atoms with Gasteiger partial charge in [0.05, 0.1) is 6.61 Å². The minimum Gasteiger partial charge on any atom is -0.449 e. The zero-order valence-electron chi connectivity index (χ0n) is 9.13. The third kappa shape index (κ3) is 9.03. The molecule has 1 amide bonds. The Labute approximate surface area is 85.0 Å². The molecule has 4 nitrogen and oxygen atoms in total. The van der Waals surface area contributed by atoms with Crippen LogP contribution in [-0.4, -0.2) is 25.0 Å². The number of nitrogens with one attached hydrogen (secondary N) is 1. The molecular weight excluding hydrogens is 182 g/mol. The maximum absolute atomic E-state index is 11.0. The van der Waals surface area contributed by atoms with Gasteiger partial charge in [-0.25, -0.2) is 4.79 Å². The molecule has 0 aromatic rings. The van der Waals surface area contributed by atoms with E-state index in [1.54, 1.807) is 0 Å². The number of rotatable bonds is 6. The van der Waals surface area contributed by atoms with E-state index in [-0.39, 0.29) is 5.78 Å². The minimum atomic E-state index is -0.401. The molecule has 0 spiro atoms. The van der Waals surface area contributed by atoms with Crippen LogP contribution in [-0.2, 0) is 9.53 Å². The Bertz CT molecular complexity index is 190. The zero-order chi connectivity index (χ0) is 11.0. The lowest BCUT2D eigenvalue weighted by Crippen LogP contribution is -2.26.